The topological polar surface area (TPSA) is 116 Å². The number of hydrogen-bond donors (Lipinski definition) is 2. The largest absolute Gasteiger partial charge is 0.351 e. The first-order valence-electron chi connectivity index (χ1n) is 6.67. The minimum atomic E-state index is -0.827. The van der Waals surface area contributed by atoms with Crippen LogP contribution in [0.5, 0.6) is 0 Å². The number of imide groups is 1. The van der Waals surface area contributed by atoms with E-state index < -0.39 is 6.03 Å². The van der Waals surface area contributed by atoms with Crippen molar-refractivity contribution in [2.45, 2.75) is 49.7 Å². The van der Waals surface area contributed by atoms with Crippen LogP contribution in [0.2, 0.25) is 0 Å². The molecular formula is C11H18N6O2S. The Kier molecular flexibility index (Phi) is 5.33. The van der Waals surface area contributed by atoms with Crippen LogP contribution in [-0.2, 0) is 4.79 Å². The lowest BCUT2D eigenvalue weighted by molar-refractivity contribution is -0.119. The first-order chi connectivity index (χ1) is 9.66. The number of primary amides is 1. The molecule has 3 N–H and O–H groups in total. The van der Waals surface area contributed by atoms with E-state index >= 15 is 0 Å². The van der Waals surface area contributed by atoms with Gasteiger partial charge in [-0.15, -0.1) is 5.10 Å². The number of nitrogens with two attached hydrogens (primary N) is 1. The van der Waals surface area contributed by atoms with Crippen molar-refractivity contribution in [2.75, 3.05) is 5.75 Å². The van der Waals surface area contributed by atoms with E-state index in [-0.39, 0.29) is 12.3 Å². The Morgan fingerprint density at radius 2 is 2.10 bits per heavy atom. The highest BCUT2D eigenvalue weighted by Gasteiger charge is 2.20. The van der Waals surface area contributed by atoms with E-state index in [1.807, 2.05) is 10.00 Å². The maximum absolute atomic E-state index is 11.3. The summed E-state index contributed by atoms with van der Waals surface area (Å²) in [5, 5.41) is 14.5. The third-order valence-corrected chi connectivity index (χ3v) is 4.14. The van der Waals surface area contributed by atoms with Crippen molar-refractivity contribution >= 4 is 23.7 Å². The highest BCUT2D eigenvalue weighted by atomic mass is 32.2. The third-order valence-electron chi connectivity index (χ3n) is 3.21. The Labute approximate surface area is 120 Å². The van der Waals surface area contributed by atoms with Crippen molar-refractivity contribution in [3.8, 4) is 0 Å². The van der Waals surface area contributed by atoms with Gasteiger partial charge in [0.25, 0.3) is 0 Å². The van der Waals surface area contributed by atoms with Gasteiger partial charge in [-0.3, -0.25) is 10.1 Å². The molecule has 1 heterocycles. The number of urea groups is 1. The van der Waals surface area contributed by atoms with Crippen LogP contribution in [0, 0.1) is 0 Å². The number of nitrogens with one attached hydrogen (secondary N) is 1. The number of thioether (sulfide) groups is 1. The Morgan fingerprint density at radius 3 is 2.80 bits per heavy atom. The van der Waals surface area contributed by atoms with E-state index in [0.29, 0.717) is 11.8 Å². The Hall–Kier alpha value is -1.64. The molecular weight excluding hydrogens is 280 g/mol. The van der Waals surface area contributed by atoms with Crippen molar-refractivity contribution in [1.82, 2.24) is 25.5 Å². The lowest BCUT2D eigenvalue weighted by Gasteiger charge is -2.21. The van der Waals surface area contributed by atoms with E-state index in [0.717, 1.165) is 18.0 Å². The summed E-state index contributed by atoms with van der Waals surface area (Å²) in [6.45, 7) is 0. The molecule has 1 fully saturated rings. The highest BCUT2D eigenvalue weighted by Crippen LogP contribution is 2.30. The number of carbonyl (C=O) groups excluding carboxylic acids is 2. The molecule has 0 saturated heterocycles. The van der Waals surface area contributed by atoms with Gasteiger partial charge in [0.15, 0.2) is 0 Å². The average molecular weight is 298 g/mol. The molecule has 2 rings (SSSR count). The van der Waals surface area contributed by atoms with Crippen molar-refractivity contribution in [1.29, 1.82) is 0 Å². The van der Waals surface area contributed by atoms with Gasteiger partial charge < -0.3 is 5.73 Å². The standard InChI is InChI=1S/C11H18N6O2S/c12-10(19)13-9(18)6-7-20-11-14-15-16-17(11)8-4-2-1-3-5-8/h8H,1-7H2,(H3,12,13,18,19). The van der Waals surface area contributed by atoms with Crippen molar-refractivity contribution in [2.24, 2.45) is 5.73 Å². The fourth-order valence-corrected chi connectivity index (χ4v) is 3.15. The van der Waals surface area contributed by atoms with Crippen molar-refractivity contribution in [3.63, 3.8) is 0 Å². The van der Waals surface area contributed by atoms with Crippen LogP contribution >= 0.6 is 11.8 Å². The minimum Gasteiger partial charge on any atom is -0.351 e. The first-order valence-corrected chi connectivity index (χ1v) is 7.65. The fraction of sp³-hybridized carbons (Fsp3) is 0.727. The SMILES string of the molecule is NC(=O)NC(=O)CCSc1nnnn1C1CCCCC1. The molecule has 1 aromatic heterocycles. The molecule has 1 aliphatic rings. The number of tetrazole rings is 1. The molecule has 3 amide bonds. The molecule has 0 unspecified atom stereocenters. The second kappa shape index (κ2) is 7.22. The zero-order valence-electron chi connectivity index (χ0n) is 11.1. The van der Waals surface area contributed by atoms with Gasteiger partial charge in [0.05, 0.1) is 6.04 Å². The van der Waals surface area contributed by atoms with Gasteiger partial charge in [-0.1, -0.05) is 31.0 Å². The summed E-state index contributed by atoms with van der Waals surface area (Å²) in [7, 11) is 0. The molecule has 0 aromatic carbocycles. The highest BCUT2D eigenvalue weighted by molar-refractivity contribution is 7.99. The smallest absolute Gasteiger partial charge is 0.318 e. The van der Waals surface area contributed by atoms with Gasteiger partial charge >= 0.3 is 6.03 Å². The van der Waals surface area contributed by atoms with E-state index in [4.69, 9.17) is 5.73 Å². The molecule has 0 aliphatic heterocycles. The number of amides is 3. The lowest BCUT2D eigenvalue weighted by Crippen LogP contribution is -2.35. The molecule has 1 aliphatic carbocycles. The summed E-state index contributed by atoms with van der Waals surface area (Å²) in [6.07, 6.45) is 6.08. The monoisotopic (exact) mass is 298 g/mol. The number of rotatable bonds is 5. The van der Waals surface area contributed by atoms with Crippen molar-refractivity contribution < 1.29 is 9.59 Å². The Bertz CT molecular complexity index is 471. The molecule has 0 atom stereocenters. The number of hydrogen-bond acceptors (Lipinski definition) is 6. The van der Waals surface area contributed by atoms with Crippen LogP contribution < -0.4 is 11.1 Å². The molecule has 0 bridgehead atoms. The molecule has 110 valence electrons. The second-order valence-electron chi connectivity index (χ2n) is 4.71. The zero-order chi connectivity index (χ0) is 14.4. The van der Waals surface area contributed by atoms with Crippen LogP contribution in [-0.4, -0.2) is 37.9 Å². The average Bonchev–Trinajstić information content (AvgIpc) is 2.87. The van der Waals surface area contributed by atoms with Gasteiger partial charge in [-0.05, 0) is 23.3 Å². The molecule has 1 aromatic rings. The van der Waals surface area contributed by atoms with Crippen LogP contribution in [0.3, 0.4) is 0 Å². The maximum Gasteiger partial charge on any atom is 0.318 e. The summed E-state index contributed by atoms with van der Waals surface area (Å²) >= 11 is 1.42. The summed E-state index contributed by atoms with van der Waals surface area (Å²) in [5.41, 5.74) is 4.87. The maximum atomic E-state index is 11.3. The zero-order valence-corrected chi connectivity index (χ0v) is 11.9. The minimum absolute atomic E-state index is 0.200. The number of aromatic nitrogens is 4. The predicted molar refractivity (Wildman–Crippen MR) is 73.0 cm³/mol. The van der Waals surface area contributed by atoms with E-state index in [9.17, 15) is 9.59 Å². The van der Waals surface area contributed by atoms with Crippen LogP contribution in [0.4, 0.5) is 4.79 Å². The van der Waals surface area contributed by atoms with E-state index in [1.165, 1.54) is 31.0 Å². The third kappa shape index (κ3) is 4.19. The Balaban J connectivity index is 1.82. The molecule has 0 spiro atoms. The van der Waals surface area contributed by atoms with Gasteiger partial charge in [-0.2, -0.15) is 0 Å². The fourth-order valence-electron chi connectivity index (χ4n) is 2.27. The predicted octanol–water partition coefficient (Wildman–Crippen LogP) is 0.855. The summed E-state index contributed by atoms with van der Waals surface area (Å²) in [6, 6.07) is -0.465. The molecule has 20 heavy (non-hydrogen) atoms. The Morgan fingerprint density at radius 1 is 1.35 bits per heavy atom. The van der Waals surface area contributed by atoms with Gasteiger partial charge in [0, 0.05) is 12.2 Å². The van der Waals surface area contributed by atoms with Crippen LogP contribution in [0.15, 0.2) is 5.16 Å². The van der Waals surface area contributed by atoms with Gasteiger partial charge in [0.1, 0.15) is 0 Å². The molecule has 9 heteroatoms. The quantitative estimate of drug-likeness (QED) is 0.779. The second-order valence-corrected chi connectivity index (χ2v) is 5.77. The van der Waals surface area contributed by atoms with E-state index in [2.05, 4.69) is 15.5 Å². The first kappa shape index (κ1) is 14.8. The molecule has 0 radical (unpaired) electrons. The van der Waals surface area contributed by atoms with Crippen LogP contribution in [0.25, 0.3) is 0 Å². The summed E-state index contributed by atoms with van der Waals surface area (Å²) in [5.74, 6) is 0.119. The normalized spacial score (nSPS) is 16.0. The number of carbonyl (C=O) groups is 2. The summed E-state index contributed by atoms with van der Waals surface area (Å²) < 4.78 is 1.86. The molecule has 1 saturated carbocycles. The van der Waals surface area contributed by atoms with E-state index in [1.54, 1.807) is 0 Å². The van der Waals surface area contributed by atoms with Crippen molar-refractivity contribution in [3.05, 3.63) is 0 Å². The van der Waals surface area contributed by atoms with Gasteiger partial charge in [0.2, 0.25) is 11.1 Å². The lowest BCUT2D eigenvalue weighted by atomic mass is 9.96. The molecule has 8 nitrogen and oxygen atoms in total. The summed E-state index contributed by atoms with van der Waals surface area (Å²) in [4.78, 5) is 21.8. The number of nitrogens with zero attached hydrogens (tertiary/aromatic N) is 4. The van der Waals surface area contributed by atoms with Gasteiger partial charge in [-0.25, -0.2) is 9.48 Å². The van der Waals surface area contributed by atoms with Crippen LogP contribution in [0.1, 0.15) is 44.6 Å².